The number of carbonyl (C=O) groups is 1. The predicted molar refractivity (Wildman–Crippen MR) is 103 cm³/mol. The normalized spacial score (nSPS) is 12.6. The van der Waals surface area contributed by atoms with Crippen molar-refractivity contribution in [3.05, 3.63) is 89.1 Å². The molecule has 0 radical (unpaired) electrons. The molecule has 1 heterocycles. The lowest BCUT2D eigenvalue weighted by Gasteiger charge is -2.23. The standard InChI is InChI=1S/C23H20F3NO/c1-15-6-9-17(10-7-15)22(28)14-20(23(24,25)26)18-11-8-16(2)13-19(18)21-5-3-4-12-27-21/h3-13,20H,14H2,1-2H3. The Balaban J connectivity index is 2.04. The minimum Gasteiger partial charge on any atom is -0.294 e. The molecule has 2 aromatic carbocycles. The molecule has 0 saturated heterocycles. The molecular weight excluding hydrogens is 363 g/mol. The van der Waals surface area contributed by atoms with Crippen LogP contribution in [-0.4, -0.2) is 16.9 Å². The summed E-state index contributed by atoms with van der Waals surface area (Å²) in [5, 5.41) is 0. The molecule has 3 aromatic rings. The van der Waals surface area contributed by atoms with E-state index < -0.39 is 24.3 Å². The smallest absolute Gasteiger partial charge is 0.294 e. The molecule has 5 heteroatoms. The summed E-state index contributed by atoms with van der Waals surface area (Å²) in [7, 11) is 0. The average molecular weight is 383 g/mol. The van der Waals surface area contributed by atoms with Gasteiger partial charge in [0.05, 0.1) is 11.6 Å². The van der Waals surface area contributed by atoms with E-state index in [0.29, 0.717) is 11.3 Å². The van der Waals surface area contributed by atoms with Crippen LogP contribution in [0.4, 0.5) is 13.2 Å². The molecule has 0 aliphatic heterocycles. The van der Waals surface area contributed by atoms with Gasteiger partial charge in [-0.2, -0.15) is 13.2 Å². The predicted octanol–water partition coefficient (Wildman–Crippen LogP) is 6.28. The number of nitrogens with zero attached hydrogens (tertiary/aromatic N) is 1. The second-order valence-electron chi connectivity index (χ2n) is 6.89. The first-order valence-corrected chi connectivity index (χ1v) is 8.94. The number of aryl methyl sites for hydroxylation is 2. The van der Waals surface area contributed by atoms with Gasteiger partial charge in [0.15, 0.2) is 5.78 Å². The Hall–Kier alpha value is -2.95. The van der Waals surface area contributed by atoms with Crippen LogP contribution >= 0.6 is 0 Å². The number of rotatable bonds is 5. The summed E-state index contributed by atoms with van der Waals surface area (Å²) in [6.45, 7) is 3.68. The fraction of sp³-hybridized carbons (Fsp3) is 0.217. The minimum atomic E-state index is -4.56. The van der Waals surface area contributed by atoms with Crippen molar-refractivity contribution in [2.75, 3.05) is 0 Å². The second kappa shape index (κ2) is 7.97. The Morgan fingerprint density at radius 3 is 2.25 bits per heavy atom. The third kappa shape index (κ3) is 4.47. The number of hydrogen-bond donors (Lipinski definition) is 0. The van der Waals surface area contributed by atoms with E-state index >= 15 is 0 Å². The quantitative estimate of drug-likeness (QED) is 0.485. The molecule has 0 bridgehead atoms. The van der Waals surface area contributed by atoms with Crippen molar-refractivity contribution < 1.29 is 18.0 Å². The zero-order valence-electron chi connectivity index (χ0n) is 15.6. The highest BCUT2D eigenvalue weighted by Gasteiger charge is 2.43. The Labute approximate surface area is 162 Å². The Bertz CT molecular complexity index is 963. The Kier molecular flexibility index (Phi) is 5.63. The molecule has 0 amide bonds. The first-order valence-electron chi connectivity index (χ1n) is 8.94. The maximum atomic E-state index is 14.0. The van der Waals surface area contributed by atoms with Crippen LogP contribution in [0.15, 0.2) is 66.9 Å². The van der Waals surface area contributed by atoms with E-state index in [9.17, 15) is 18.0 Å². The number of hydrogen-bond acceptors (Lipinski definition) is 2. The summed E-state index contributed by atoms with van der Waals surface area (Å²) in [6, 6.07) is 16.5. The number of pyridine rings is 1. The van der Waals surface area contributed by atoms with Gasteiger partial charge >= 0.3 is 6.18 Å². The van der Waals surface area contributed by atoms with Crippen molar-refractivity contribution in [1.29, 1.82) is 0 Å². The largest absolute Gasteiger partial charge is 0.396 e. The van der Waals surface area contributed by atoms with E-state index in [1.54, 1.807) is 60.8 Å². The van der Waals surface area contributed by atoms with Crippen molar-refractivity contribution in [3.8, 4) is 11.3 Å². The third-order valence-electron chi connectivity index (χ3n) is 4.68. The van der Waals surface area contributed by atoms with E-state index in [1.807, 2.05) is 13.8 Å². The highest BCUT2D eigenvalue weighted by molar-refractivity contribution is 5.96. The van der Waals surface area contributed by atoms with E-state index in [1.165, 1.54) is 6.07 Å². The van der Waals surface area contributed by atoms with Crippen molar-refractivity contribution in [3.63, 3.8) is 0 Å². The van der Waals surface area contributed by atoms with E-state index in [0.717, 1.165) is 11.1 Å². The van der Waals surface area contributed by atoms with Gasteiger partial charge in [-0.1, -0.05) is 53.6 Å². The molecule has 28 heavy (non-hydrogen) atoms. The van der Waals surface area contributed by atoms with Gasteiger partial charge in [-0.05, 0) is 37.6 Å². The second-order valence-corrected chi connectivity index (χ2v) is 6.89. The number of Topliss-reactive ketones (excluding diaryl/α,β-unsaturated/α-hetero) is 1. The van der Waals surface area contributed by atoms with Crippen LogP contribution in [0.3, 0.4) is 0 Å². The van der Waals surface area contributed by atoms with E-state index in [2.05, 4.69) is 4.98 Å². The number of ketones is 1. The number of carbonyl (C=O) groups excluding carboxylic acids is 1. The Morgan fingerprint density at radius 2 is 1.64 bits per heavy atom. The molecular formula is C23H20F3NO. The first kappa shape index (κ1) is 19.8. The summed E-state index contributed by atoms with van der Waals surface area (Å²) in [5.41, 5.74) is 2.98. The van der Waals surface area contributed by atoms with Gasteiger partial charge in [0, 0.05) is 23.7 Å². The summed E-state index contributed by atoms with van der Waals surface area (Å²) >= 11 is 0. The fourth-order valence-electron chi connectivity index (χ4n) is 3.16. The number of aromatic nitrogens is 1. The molecule has 0 fully saturated rings. The summed E-state index contributed by atoms with van der Waals surface area (Å²) in [5.74, 6) is -2.44. The molecule has 3 rings (SSSR count). The van der Waals surface area contributed by atoms with Crippen molar-refractivity contribution in [2.24, 2.45) is 0 Å². The van der Waals surface area contributed by atoms with Gasteiger partial charge in [0.25, 0.3) is 0 Å². The van der Waals surface area contributed by atoms with Gasteiger partial charge < -0.3 is 0 Å². The minimum absolute atomic E-state index is 0.0669. The topological polar surface area (TPSA) is 30.0 Å². The Morgan fingerprint density at radius 1 is 0.964 bits per heavy atom. The van der Waals surface area contributed by atoms with Crippen LogP contribution in [-0.2, 0) is 0 Å². The zero-order valence-corrected chi connectivity index (χ0v) is 15.6. The molecule has 1 atom stereocenters. The molecule has 144 valence electrons. The lowest BCUT2D eigenvalue weighted by molar-refractivity contribution is -0.149. The third-order valence-corrected chi connectivity index (χ3v) is 4.68. The average Bonchev–Trinajstić information content (AvgIpc) is 2.66. The number of benzene rings is 2. The summed E-state index contributed by atoms with van der Waals surface area (Å²) < 4.78 is 41.9. The number of alkyl halides is 3. The lowest BCUT2D eigenvalue weighted by atomic mass is 9.86. The van der Waals surface area contributed by atoms with Crippen LogP contribution in [0.25, 0.3) is 11.3 Å². The SMILES string of the molecule is Cc1ccc(C(=O)CC(c2ccc(C)cc2-c2ccccn2)C(F)(F)F)cc1. The monoisotopic (exact) mass is 383 g/mol. The maximum Gasteiger partial charge on any atom is 0.396 e. The van der Waals surface area contributed by atoms with Gasteiger partial charge in [-0.3, -0.25) is 9.78 Å². The van der Waals surface area contributed by atoms with Gasteiger partial charge in [0.1, 0.15) is 0 Å². The highest BCUT2D eigenvalue weighted by atomic mass is 19.4. The van der Waals surface area contributed by atoms with Crippen molar-refractivity contribution >= 4 is 5.78 Å². The molecule has 0 N–H and O–H groups in total. The van der Waals surface area contributed by atoms with Gasteiger partial charge in [-0.15, -0.1) is 0 Å². The molecule has 0 aliphatic carbocycles. The van der Waals surface area contributed by atoms with Gasteiger partial charge in [-0.25, -0.2) is 0 Å². The molecule has 1 aromatic heterocycles. The summed E-state index contributed by atoms with van der Waals surface area (Å²) in [4.78, 5) is 16.8. The molecule has 0 saturated carbocycles. The molecule has 0 aliphatic rings. The van der Waals surface area contributed by atoms with E-state index in [-0.39, 0.29) is 11.1 Å². The van der Waals surface area contributed by atoms with E-state index in [4.69, 9.17) is 0 Å². The fourth-order valence-corrected chi connectivity index (χ4v) is 3.16. The van der Waals surface area contributed by atoms with Crippen LogP contribution in [0.5, 0.6) is 0 Å². The summed E-state index contributed by atoms with van der Waals surface area (Å²) in [6.07, 6.45) is -3.66. The van der Waals surface area contributed by atoms with Crippen molar-refractivity contribution in [1.82, 2.24) is 4.98 Å². The number of halogens is 3. The highest BCUT2D eigenvalue weighted by Crippen LogP contribution is 2.42. The van der Waals surface area contributed by atoms with Gasteiger partial charge in [0.2, 0.25) is 0 Å². The van der Waals surface area contributed by atoms with Crippen LogP contribution < -0.4 is 0 Å². The zero-order chi connectivity index (χ0) is 20.3. The van der Waals surface area contributed by atoms with Crippen LogP contribution in [0.1, 0.15) is 39.4 Å². The van der Waals surface area contributed by atoms with Crippen LogP contribution in [0, 0.1) is 13.8 Å². The van der Waals surface area contributed by atoms with Crippen molar-refractivity contribution in [2.45, 2.75) is 32.4 Å². The maximum absolute atomic E-state index is 14.0. The van der Waals surface area contributed by atoms with Crippen LogP contribution in [0.2, 0.25) is 0 Å². The molecule has 2 nitrogen and oxygen atoms in total. The first-order chi connectivity index (χ1) is 13.3. The lowest BCUT2D eigenvalue weighted by Crippen LogP contribution is -2.24. The molecule has 1 unspecified atom stereocenters. The molecule has 0 spiro atoms.